The predicted octanol–water partition coefficient (Wildman–Crippen LogP) is 11.2. The first-order valence-electron chi connectivity index (χ1n) is 41.0. The lowest BCUT2D eigenvalue weighted by atomic mass is 10.0. The van der Waals surface area contributed by atoms with Gasteiger partial charge in [-0.2, -0.15) is 0 Å². The van der Waals surface area contributed by atoms with Crippen LogP contribution in [-0.2, 0) is 95.3 Å². The predicted molar refractivity (Wildman–Crippen MR) is 451 cm³/mol. The van der Waals surface area contributed by atoms with Crippen LogP contribution in [0.5, 0.6) is 0 Å². The van der Waals surface area contributed by atoms with Gasteiger partial charge in [0.2, 0.25) is 0 Å². The Morgan fingerprint density at radius 3 is 0.679 bits per heavy atom. The molecule has 15 atom stereocenters. The summed E-state index contributed by atoms with van der Waals surface area (Å²) in [5, 5.41) is 0. The van der Waals surface area contributed by atoms with Gasteiger partial charge >= 0.3 is 53.7 Å². The summed E-state index contributed by atoms with van der Waals surface area (Å²) in [6.45, 7) is 68.7. The molecule has 0 aliphatic rings. The zero-order valence-corrected chi connectivity index (χ0v) is 77.1. The highest BCUT2D eigenvalue weighted by atomic mass is 16.6. The summed E-state index contributed by atoms with van der Waals surface area (Å²) in [5.41, 5.74) is 50.3. The number of hydrogen-bond donors (Lipinski definition) is 9. The fourth-order valence-electron chi connectivity index (χ4n) is 7.09. The summed E-state index contributed by atoms with van der Waals surface area (Å²) < 4.78 is 49.1. The number of hydrogen-bond acceptors (Lipinski definition) is 29. The van der Waals surface area contributed by atoms with Crippen LogP contribution in [0.15, 0.2) is 0 Å². The standard InChI is InChI=1S/2C10H21NO2.3C9H19NO2.3C8H17NO2.C7H15NO2.C5H10O2/c1-5-8(4)13-10(12)9(11)6-7(2)3;1-5-7(3)9(11)10(12)13-8(4)6-2;1-6(2)5-8(10)9(11)12-7(3)4;1-5-7(4)8(10)9(11)12-6(2)3;1-5-7(4)12-9(11)8(10)6(2)3;1-5(2)7(9)8(10)11-6(3)4;1-4-11-8(10)7(9)5-6(2)3;1-4-6(3)7(9)8(10)11-5-2;1-4-10-7(9)6(8)5(2)3;1-3-7-4-5(2)6/h2*7-9H,5-6,11H2,1-4H3;3*6-8H,5,10H2,1-4H3;5-7H,9H2,1-4H3;2*6-7H,4-5,9H2,1-3H3;5-6H,4,8H2,1-3H3;3-4H2,1-2H3/t8?,9-;7?,8?,9-;8-;2*7?,8-;2*7-;6?,7-;6-;/m000000000./s1. The topological polar surface area (TPSA) is 497 Å². The van der Waals surface area contributed by atoms with Crippen molar-refractivity contribution in [1.29, 1.82) is 0 Å². The van der Waals surface area contributed by atoms with Crippen molar-refractivity contribution in [2.45, 2.75) is 391 Å². The number of ketones is 1. The first-order chi connectivity index (χ1) is 51.4. The number of Topliss-reactive ketones (excluding diaryl/α,β-unsaturated/α-hetero) is 1. The van der Waals surface area contributed by atoms with Crippen molar-refractivity contribution >= 4 is 59.5 Å². The minimum atomic E-state index is -0.489. The summed E-state index contributed by atoms with van der Waals surface area (Å²) in [6, 6.07) is -4.23. The average Bonchev–Trinajstić information content (AvgIpc) is 0.955. The molecule has 0 saturated carbocycles. The van der Waals surface area contributed by atoms with Gasteiger partial charge in [-0.15, -0.1) is 0 Å². The molecule has 0 aliphatic carbocycles. The summed E-state index contributed by atoms with van der Waals surface area (Å²) in [4.78, 5) is 110. The normalized spacial score (nSPS) is 14.6. The highest BCUT2D eigenvalue weighted by molar-refractivity contribution is 5.79. The molecule has 29 nitrogen and oxygen atoms in total. The maximum absolute atomic E-state index is 11.4. The third-order valence-electron chi connectivity index (χ3n) is 15.7. The largest absolute Gasteiger partial charge is 0.465 e. The van der Waals surface area contributed by atoms with Crippen LogP contribution in [0.1, 0.15) is 300 Å². The fourth-order valence-corrected chi connectivity index (χ4v) is 7.09. The van der Waals surface area contributed by atoms with Crippen molar-refractivity contribution in [1.82, 2.24) is 0 Å². The second kappa shape index (κ2) is 79.3. The van der Waals surface area contributed by atoms with Crippen molar-refractivity contribution in [2.24, 2.45) is 105 Å². The van der Waals surface area contributed by atoms with E-state index < -0.39 is 54.4 Å². The Hall–Kier alpha value is -5.50. The quantitative estimate of drug-likeness (QED) is 0.0204. The maximum atomic E-state index is 11.4. The molecule has 0 rings (SSSR count). The molecule has 0 aromatic rings. The van der Waals surface area contributed by atoms with Crippen LogP contribution in [0, 0.1) is 53.3 Å². The number of carbonyl (C=O) groups is 10. The molecule has 6 unspecified atom stereocenters. The molecule has 0 aromatic heterocycles. The van der Waals surface area contributed by atoms with Gasteiger partial charge in [0.25, 0.3) is 0 Å². The molecular formula is C83H175N9O20. The van der Waals surface area contributed by atoms with Crippen LogP contribution < -0.4 is 51.6 Å². The molecule has 0 amide bonds. The monoisotopic (exact) mass is 1620 g/mol. The molecule has 0 aliphatic heterocycles. The van der Waals surface area contributed by atoms with Gasteiger partial charge in [-0.25, -0.2) is 0 Å². The van der Waals surface area contributed by atoms with Crippen molar-refractivity contribution in [3.8, 4) is 0 Å². The van der Waals surface area contributed by atoms with Crippen LogP contribution in [0.2, 0.25) is 0 Å². The Labute approximate surface area is 681 Å². The first-order valence-corrected chi connectivity index (χ1v) is 41.0. The van der Waals surface area contributed by atoms with Gasteiger partial charge in [-0.1, -0.05) is 165 Å². The van der Waals surface area contributed by atoms with Gasteiger partial charge in [0, 0.05) is 6.61 Å². The van der Waals surface area contributed by atoms with E-state index in [1.807, 2.05) is 215 Å². The molecule has 29 heteroatoms. The van der Waals surface area contributed by atoms with Crippen molar-refractivity contribution < 1.29 is 95.3 Å². The van der Waals surface area contributed by atoms with Gasteiger partial charge in [0.15, 0.2) is 5.78 Å². The number of nitrogens with two attached hydrogens (primary N) is 9. The summed E-state index contributed by atoms with van der Waals surface area (Å²) in [7, 11) is 0. The average molecular weight is 1620 g/mol. The second-order valence-electron chi connectivity index (χ2n) is 30.8. The Bertz CT molecular complexity index is 2330. The molecule has 672 valence electrons. The number of esters is 9. The number of carbonyl (C=O) groups excluding carboxylic acids is 10. The summed E-state index contributed by atoms with van der Waals surface area (Å²) >= 11 is 0. The van der Waals surface area contributed by atoms with Gasteiger partial charge in [-0.3, -0.25) is 47.9 Å². The Morgan fingerprint density at radius 2 is 0.455 bits per heavy atom. The van der Waals surface area contributed by atoms with Crippen LogP contribution in [0.25, 0.3) is 0 Å². The molecular weight excluding hydrogens is 1440 g/mol. The van der Waals surface area contributed by atoms with Crippen LogP contribution in [-0.4, -0.2) is 184 Å². The number of rotatable bonds is 39. The van der Waals surface area contributed by atoms with E-state index in [-0.39, 0.29) is 138 Å². The zero-order chi connectivity index (χ0) is 90.6. The maximum Gasteiger partial charge on any atom is 0.323 e. The Kier molecular flexibility index (Phi) is 90.2. The molecule has 0 heterocycles. The molecule has 112 heavy (non-hydrogen) atoms. The van der Waals surface area contributed by atoms with Gasteiger partial charge in [0.1, 0.15) is 61.0 Å². The van der Waals surface area contributed by atoms with E-state index >= 15 is 0 Å². The summed E-state index contributed by atoms with van der Waals surface area (Å²) in [6.07, 6.45) is 6.96. The highest BCUT2D eigenvalue weighted by Crippen LogP contribution is 2.13. The summed E-state index contributed by atoms with van der Waals surface area (Å²) in [5.74, 6) is -0.223. The molecule has 0 radical (unpaired) electrons. The minimum absolute atomic E-state index is 0.0225. The Morgan fingerprint density at radius 1 is 0.250 bits per heavy atom. The second-order valence-corrected chi connectivity index (χ2v) is 30.8. The van der Waals surface area contributed by atoms with Gasteiger partial charge < -0.3 is 99.0 Å². The van der Waals surface area contributed by atoms with E-state index in [0.717, 1.165) is 38.5 Å². The smallest absolute Gasteiger partial charge is 0.323 e. The fraction of sp³-hybridized carbons (Fsp3) is 0.880. The SMILES string of the molecule is CC(C)C[C@H](N)C(=O)OC(C)C.CC(C)OC(=O)[C@@H](N)C(C)C.CCC(C)OC(=O)[C@@H](N)C(C)C.CCC(C)OC(=O)[C@@H](N)C(C)CC.CCC(C)OC(=O)[C@@H](N)CC(C)C.CCC(C)[C@H](N)C(=O)OC(C)C.CCOC(=O)[C@@H](N)C(C)C.CCOC(=O)[C@@H](N)C(C)CC.CCOC(=O)[C@@H](N)CC(C)C.CCOCC(C)=O. The van der Waals surface area contributed by atoms with Crippen molar-refractivity contribution in [2.75, 3.05) is 33.0 Å². The van der Waals surface area contributed by atoms with E-state index in [9.17, 15) is 47.9 Å². The van der Waals surface area contributed by atoms with E-state index in [1.165, 1.54) is 6.92 Å². The first kappa shape index (κ1) is 127. The van der Waals surface area contributed by atoms with Crippen LogP contribution >= 0.6 is 0 Å². The van der Waals surface area contributed by atoms with Crippen LogP contribution in [0.4, 0.5) is 0 Å². The van der Waals surface area contributed by atoms with E-state index in [4.69, 9.17) is 99.0 Å². The third-order valence-corrected chi connectivity index (χ3v) is 15.7. The van der Waals surface area contributed by atoms with Gasteiger partial charge in [0.05, 0.1) is 56.4 Å². The lowest BCUT2D eigenvalue weighted by Crippen LogP contribution is -2.39. The van der Waals surface area contributed by atoms with E-state index in [1.54, 1.807) is 20.8 Å². The molecule has 0 saturated heterocycles. The lowest BCUT2D eigenvalue weighted by Gasteiger charge is -2.19. The highest BCUT2D eigenvalue weighted by Gasteiger charge is 2.26. The van der Waals surface area contributed by atoms with Crippen molar-refractivity contribution in [3.05, 3.63) is 0 Å². The molecule has 18 N–H and O–H groups in total. The van der Waals surface area contributed by atoms with Crippen molar-refractivity contribution in [3.63, 3.8) is 0 Å². The third kappa shape index (κ3) is 83.9. The molecule has 0 spiro atoms. The molecule has 0 bridgehead atoms. The number of ether oxygens (including phenoxy) is 10. The molecule has 0 aromatic carbocycles. The minimum Gasteiger partial charge on any atom is -0.465 e. The zero-order valence-electron chi connectivity index (χ0n) is 77.1. The van der Waals surface area contributed by atoms with Gasteiger partial charge in [-0.05, 0) is 189 Å². The molecule has 0 fully saturated rings. The van der Waals surface area contributed by atoms with E-state index in [2.05, 4.69) is 0 Å². The Balaban J connectivity index is -0.000000129. The van der Waals surface area contributed by atoms with Crippen LogP contribution in [0.3, 0.4) is 0 Å². The lowest BCUT2D eigenvalue weighted by molar-refractivity contribution is -0.152. The van der Waals surface area contributed by atoms with E-state index in [0.29, 0.717) is 63.4 Å².